The van der Waals surface area contributed by atoms with Crippen molar-refractivity contribution in [3.63, 3.8) is 0 Å². The Bertz CT molecular complexity index is 810. The summed E-state index contributed by atoms with van der Waals surface area (Å²) in [5, 5.41) is 0. The number of carbonyl (C=O) groups excluding carboxylic acids is 1. The van der Waals surface area contributed by atoms with Crippen molar-refractivity contribution in [1.82, 2.24) is 9.97 Å². The van der Waals surface area contributed by atoms with E-state index in [9.17, 15) is 13.6 Å². The van der Waals surface area contributed by atoms with Crippen LogP contribution in [0.25, 0.3) is 0 Å². The van der Waals surface area contributed by atoms with Crippen LogP contribution in [0.5, 0.6) is 0 Å². The first kappa shape index (κ1) is 17.8. The summed E-state index contributed by atoms with van der Waals surface area (Å²) in [5.74, 6) is -1.44. The monoisotopic (exact) mass is 355 g/mol. The maximum atomic E-state index is 13.2. The Kier molecular flexibility index (Phi) is 5.43. The van der Waals surface area contributed by atoms with E-state index in [2.05, 4.69) is 9.97 Å². The predicted octanol–water partition coefficient (Wildman–Crippen LogP) is 0.907. The lowest BCUT2D eigenvalue weighted by Crippen LogP contribution is -2.49. The third-order valence-electron chi connectivity index (χ3n) is 3.88. The second-order valence-electron chi connectivity index (χ2n) is 5.81. The van der Waals surface area contributed by atoms with Crippen LogP contribution in [0.3, 0.4) is 0 Å². The normalized spacial score (nSPS) is 11.8. The molecule has 0 saturated heterocycles. The van der Waals surface area contributed by atoms with E-state index in [0.717, 1.165) is 0 Å². The lowest BCUT2D eigenvalue weighted by atomic mass is 9.55. The van der Waals surface area contributed by atoms with Crippen molar-refractivity contribution in [2.24, 2.45) is 5.73 Å². The summed E-state index contributed by atoms with van der Waals surface area (Å²) in [4.78, 5) is 19.2. The van der Waals surface area contributed by atoms with E-state index in [-0.39, 0.29) is 6.42 Å². The lowest BCUT2D eigenvalue weighted by Gasteiger charge is -2.18. The molecule has 8 heteroatoms. The van der Waals surface area contributed by atoms with Gasteiger partial charge in [-0.25, -0.2) is 13.8 Å². The molecular weight excluding hydrogens is 339 g/mol. The zero-order valence-corrected chi connectivity index (χ0v) is 13.7. The Hall–Kier alpha value is -3.00. The average molecular weight is 355 g/mol. The van der Waals surface area contributed by atoms with E-state index in [1.807, 2.05) is 0 Å². The van der Waals surface area contributed by atoms with E-state index < -0.39 is 30.6 Å². The number of hydrogen-bond donors (Lipinski definition) is 2. The Morgan fingerprint density at radius 1 is 1.08 bits per heavy atom. The molecule has 1 aromatic heterocycles. The number of hydrogen-bond acceptors (Lipinski definition) is 4. The van der Waals surface area contributed by atoms with Crippen LogP contribution < -0.4 is 16.7 Å². The number of rotatable bonds is 6. The number of benzene rings is 2. The van der Waals surface area contributed by atoms with Crippen molar-refractivity contribution in [2.75, 3.05) is 0 Å². The zero-order chi connectivity index (χ0) is 18.5. The second kappa shape index (κ2) is 7.92. The summed E-state index contributed by atoms with van der Waals surface area (Å²) < 4.78 is 32.0. The summed E-state index contributed by atoms with van der Waals surface area (Å²) in [6.45, 7) is -0.823. The molecule has 5 nitrogen and oxygen atoms in total. The molecule has 2 aromatic carbocycles. The van der Waals surface area contributed by atoms with Crippen LogP contribution in [0.4, 0.5) is 8.78 Å². The van der Waals surface area contributed by atoms with E-state index in [0.29, 0.717) is 16.6 Å². The van der Waals surface area contributed by atoms with Gasteiger partial charge in [0, 0.05) is 18.3 Å². The fourth-order valence-electron chi connectivity index (χ4n) is 2.52. The molecule has 0 aliphatic heterocycles. The third kappa shape index (κ3) is 4.34. The molecule has 0 amide bonds. The van der Waals surface area contributed by atoms with E-state index in [1.54, 1.807) is 6.20 Å². The number of aromatic amines is 1. The number of aromatic nitrogens is 2. The molecule has 3 rings (SSSR count). The Labute approximate surface area is 149 Å². The summed E-state index contributed by atoms with van der Waals surface area (Å²) in [6, 6.07) is 10.2. The van der Waals surface area contributed by atoms with Gasteiger partial charge in [0.15, 0.2) is 0 Å². The third-order valence-corrected chi connectivity index (χ3v) is 3.88. The SMILES string of the molecule is N[C@@H](Cc1cnc[nH]1)C(=O)OB(c1ccc(F)cc1)c1ccc(F)cc1. The van der Waals surface area contributed by atoms with Gasteiger partial charge in [0.1, 0.15) is 17.7 Å². The Balaban J connectivity index is 1.82. The van der Waals surface area contributed by atoms with E-state index >= 15 is 0 Å². The van der Waals surface area contributed by atoms with Gasteiger partial charge in [-0.05, 0) is 35.2 Å². The van der Waals surface area contributed by atoms with Gasteiger partial charge in [-0.15, -0.1) is 0 Å². The van der Waals surface area contributed by atoms with Crippen molar-refractivity contribution in [3.05, 3.63) is 78.4 Å². The van der Waals surface area contributed by atoms with Gasteiger partial charge < -0.3 is 15.4 Å². The molecule has 3 N–H and O–H groups in total. The average Bonchev–Trinajstić information content (AvgIpc) is 3.14. The molecule has 3 aromatic rings. The molecule has 0 aliphatic carbocycles. The highest BCUT2D eigenvalue weighted by molar-refractivity contribution is 6.81. The Morgan fingerprint density at radius 2 is 1.62 bits per heavy atom. The minimum Gasteiger partial charge on any atom is -0.525 e. The number of H-pyrrole nitrogens is 1. The van der Waals surface area contributed by atoms with Crippen LogP contribution in [0.15, 0.2) is 61.1 Å². The standard InChI is InChI=1S/C18H16BF2N3O2/c20-14-5-1-12(2-6-14)19(13-3-7-15(21)8-4-13)26-18(25)17(22)9-16-10-23-11-24-16/h1-8,10-11,17H,9,22H2,(H,23,24)/t17-/m0/s1. The van der Waals surface area contributed by atoms with Crippen molar-refractivity contribution < 1.29 is 18.2 Å². The highest BCUT2D eigenvalue weighted by Crippen LogP contribution is 2.03. The van der Waals surface area contributed by atoms with Crippen LogP contribution in [0.1, 0.15) is 5.69 Å². The molecule has 0 bridgehead atoms. The molecule has 26 heavy (non-hydrogen) atoms. The smallest absolute Gasteiger partial charge is 0.429 e. The topological polar surface area (TPSA) is 81.0 Å². The first-order valence-electron chi connectivity index (χ1n) is 7.97. The minimum atomic E-state index is -0.904. The number of carbonyl (C=O) groups is 1. The summed E-state index contributed by atoms with van der Waals surface area (Å²) in [5.41, 5.74) is 7.73. The molecule has 132 valence electrons. The van der Waals surface area contributed by atoms with Crippen LogP contribution in [0, 0.1) is 11.6 Å². The largest absolute Gasteiger partial charge is 0.525 e. The first-order chi connectivity index (χ1) is 12.5. The summed E-state index contributed by atoms with van der Waals surface area (Å²) in [7, 11) is 0. The Morgan fingerprint density at radius 3 is 2.08 bits per heavy atom. The highest BCUT2D eigenvalue weighted by atomic mass is 19.1. The van der Waals surface area contributed by atoms with E-state index in [1.165, 1.54) is 54.9 Å². The molecular formula is C18H16BF2N3O2. The molecule has 1 atom stereocenters. The fourth-order valence-corrected chi connectivity index (χ4v) is 2.52. The van der Waals surface area contributed by atoms with Gasteiger partial charge in [-0.1, -0.05) is 24.3 Å². The van der Waals surface area contributed by atoms with Crippen LogP contribution in [-0.2, 0) is 15.9 Å². The van der Waals surface area contributed by atoms with Crippen molar-refractivity contribution >= 4 is 23.8 Å². The van der Waals surface area contributed by atoms with Gasteiger partial charge in [0.2, 0.25) is 0 Å². The van der Waals surface area contributed by atoms with Gasteiger partial charge in [-0.2, -0.15) is 0 Å². The van der Waals surface area contributed by atoms with E-state index in [4.69, 9.17) is 10.4 Å². The minimum absolute atomic E-state index is 0.235. The van der Waals surface area contributed by atoms with Gasteiger partial charge in [0.05, 0.1) is 6.33 Å². The highest BCUT2D eigenvalue weighted by Gasteiger charge is 2.28. The fraction of sp³-hybridized carbons (Fsp3) is 0.111. The lowest BCUT2D eigenvalue weighted by molar-refractivity contribution is -0.135. The molecule has 0 spiro atoms. The number of nitrogens with one attached hydrogen (secondary N) is 1. The summed E-state index contributed by atoms with van der Waals surface area (Å²) in [6.07, 6.45) is 3.30. The van der Waals surface area contributed by atoms with Crippen LogP contribution >= 0.6 is 0 Å². The van der Waals surface area contributed by atoms with Gasteiger partial charge in [0.25, 0.3) is 0 Å². The quantitative estimate of drug-likeness (QED) is 0.644. The molecule has 0 unspecified atom stereocenters. The summed E-state index contributed by atoms with van der Waals surface area (Å²) >= 11 is 0. The van der Waals surface area contributed by atoms with Gasteiger partial charge >= 0.3 is 12.9 Å². The second-order valence-corrected chi connectivity index (χ2v) is 5.81. The molecule has 1 heterocycles. The van der Waals surface area contributed by atoms with Crippen molar-refractivity contribution in [3.8, 4) is 0 Å². The first-order valence-corrected chi connectivity index (χ1v) is 7.97. The number of imidazole rings is 1. The van der Waals surface area contributed by atoms with Crippen LogP contribution in [-0.4, -0.2) is 28.9 Å². The van der Waals surface area contributed by atoms with Crippen LogP contribution in [0.2, 0.25) is 0 Å². The number of nitrogens with zero attached hydrogens (tertiary/aromatic N) is 1. The molecule has 0 aliphatic rings. The molecule has 0 fully saturated rings. The molecule has 0 saturated carbocycles. The predicted molar refractivity (Wildman–Crippen MR) is 94.2 cm³/mol. The number of halogens is 2. The molecule has 0 radical (unpaired) electrons. The maximum absolute atomic E-state index is 13.2. The number of nitrogens with two attached hydrogens (primary N) is 1. The maximum Gasteiger partial charge on any atom is 0.429 e. The van der Waals surface area contributed by atoms with Gasteiger partial charge in [-0.3, -0.25) is 4.79 Å². The zero-order valence-electron chi connectivity index (χ0n) is 13.7. The van der Waals surface area contributed by atoms with Crippen molar-refractivity contribution in [1.29, 1.82) is 0 Å². The van der Waals surface area contributed by atoms with Crippen molar-refractivity contribution in [2.45, 2.75) is 12.5 Å².